The van der Waals surface area contributed by atoms with Crippen molar-refractivity contribution in [1.29, 1.82) is 0 Å². The van der Waals surface area contributed by atoms with Gasteiger partial charge in [0.15, 0.2) is 0 Å². The highest BCUT2D eigenvalue weighted by molar-refractivity contribution is 7.13. The number of hydrogen-bond acceptors (Lipinski definition) is 5. The highest BCUT2D eigenvalue weighted by Crippen LogP contribution is 2.25. The highest BCUT2D eigenvalue weighted by atomic mass is 32.1. The van der Waals surface area contributed by atoms with Crippen molar-refractivity contribution in [2.45, 2.75) is 32.6 Å². The monoisotopic (exact) mass is 375 g/mol. The summed E-state index contributed by atoms with van der Waals surface area (Å²) < 4.78 is 1.75. The van der Waals surface area contributed by atoms with Crippen LogP contribution in [0.25, 0.3) is 10.6 Å². The highest BCUT2D eigenvalue weighted by Gasteiger charge is 2.25. The van der Waals surface area contributed by atoms with Crippen LogP contribution in [-0.2, 0) is 7.05 Å². The van der Waals surface area contributed by atoms with Crippen LogP contribution in [0.5, 0.6) is 0 Å². The molecular weight excluding hydrogens is 346 g/mol. The van der Waals surface area contributed by atoms with Crippen molar-refractivity contribution in [3.63, 3.8) is 0 Å². The first-order valence-corrected chi connectivity index (χ1v) is 10.4. The third kappa shape index (κ3) is 4.71. The molecule has 0 bridgehead atoms. The Morgan fingerprint density at radius 3 is 2.81 bits per heavy atom. The maximum atomic E-state index is 12.8. The van der Waals surface area contributed by atoms with Gasteiger partial charge in [-0.05, 0) is 38.8 Å². The van der Waals surface area contributed by atoms with Crippen LogP contribution < -0.4 is 0 Å². The minimum absolute atomic E-state index is 0.0641. The first-order chi connectivity index (χ1) is 12.6. The van der Waals surface area contributed by atoms with E-state index in [2.05, 4.69) is 29.0 Å². The zero-order valence-corrected chi connectivity index (χ0v) is 16.8. The second-order valence-electron chi connectivity index (χ2n) is 7.29. The largest absolute Gasteiger partial charge is 0.337 e. The topological polar surface area (TPSA) is 54.3 Å². The van der Waals surface area contributed by atoms with Crippen molar-refractivity contribution in [2.75, 3.05) is 33.2 Å². The first-order valence-electron chi connectivity index (χ1n) is 9.49. The first kappa shape index (κ1) is 19.0. The normalized spacial score (nSPS) is 15.8. The summed E-state index contributed by atoms with van der Waals surface area (Å²) in [6.45, 7) is 6.22. The summed E-state index contributed by atoms with van der Waals surface area (Å²) in [5, 5.41) is 6.90. The molecule has 7 heteroatoms. The van der Waals surface area contributed by atoms with Crippen molar-refractivity contribution < 1.29 is 4.79 Å². The number of amides is 1. The number of aromatic nitrogens is 3. The van der Waals surface area contributed by atoms with Crippen LogP contribution in [0, 0.1) is 5.92 Å². The van der Waals surface area contributed by atoms with Crippen LogP contribution in [0.15, 0.2) is 17.8 Å². The number of carbonyl (C=O) groups is 1. The predicted octanol–water partition coefficient (Wildman–Crippen LogP) is 3.13. The Bertz CT molecular complexity index is 717. The molecule has 0 spiro atoms. The fourth-order valence-electron chi connectivity index (χ4n) is 3.48. The molecule has 0 saturated carbocycles. The fraction of sp³-hybridized carbons (Fsp3) is 0.632. The Morgan fingerprint density at radius 2 is 2.15 bits per heavy atom. The van der Waals surface area contributed by atoms with Gasteiger partial charge in [-0.25, -0.2) is 4.98 Å². The van der Waals surface area contributed by atoms with Crippen molar-refractivity contribution in [1.82, 2.24) is 24.6 Å². The number of rotatable bonds is 7. The van der Waals surface area contributed by atoms with Crippen LogP contribution >= 0.6 is 11.3 Å². The molecule has 2 aromatic heterocycles. The molecule has 3 heterocycles. The average molecular weight is 376 g/mol. The summed E-state index contributed by atoms with van der Waals surface area (Å²) in [7, 11) is 4.09. The number of aryl methyl sites for hydroxylation is 1. The molecule has 0 radical (unpaired) electrons. The maximum absolute atomic E-state index is 12.8. The zero-order chi connectivity index (χ0) is 18.5. The van der Waals surface area contributed by atoms with Gasteiger partial charge in [0.25, 0.3) is 5.91 Å². The molecule has 26 heavy (non-hydrogen) atoms. The molecule has 0 aliphatic carbocycles. The van der Waals surface area contributed by atoms with Crippen LogP contribution in [-0.4, -0.2) is 63.7 Å². The molecule has 0 N–H and O–H groups in total. The van der Waals surface area contributed by atoms with E-state index in [1.165, 1.54) is 30.7 Å². The summed E-state index contributed by atoms with van der Waals surface area (Å²) in [6, 6.07) is 0. The van der Waals surface area contributed by atoms with E-state index in [9.17, 15) is 4.79 Å². The number of unbranched alkanes of at least 4 members (excludes halogenated alkanes) is 1. The van der Waals surface area contributed by atoms with Gasteiger partial charge in [-0.15, -0.1) is 11.3 Å². The van der Waals surface area contributed by atoms with Gasteiger partial charge in [0.1, 0.15) is 10.7 Å². The Labute approximate surface area is 159 Å². The maximum Gasteiger partial charge on any atom is 0.273 e. The Kier molecular flexibility index (Phi) is 6.43. The number of hydrogen-bond donors (Lipinski definition) is 0. The Balaban J connectivity index is 1.52. The smallest absolute Gasteiger partial charge is 0.273 e. The summed E-state index contributed by atoms with van der Waals surface area (Å²) >= 11 is 1.51. The molecule has 1 saturated heterocycles. The van der Waals surface area contributed by atoms with Gasteiger partial charge in [-0.3, -0.25) is 9.48 Å². The minimum Gasteiger partial charge on any atom is -0.337 e. The van der Waals surface area contributed by atoms with E-state index >= 15 is 0 Å². The number of piperidine rings is 1. The average Bonchev–Trinajstić information content (AvgIpc) is 3.29. The van der Waals surface area contributed by atoms with Crippen LogP contribution in [0.1, 0.15) is 43.1 Å². The van der Waals surface area contributed by atoms with E-state index in [0.29, 0.717) is 11.6 Å². The third-order valence-corrected chi connectivity index (χ3v) is 5.93. The molecule has 3 rings (SSSR count). The van der Waals surface area contributed by atoms with Crippen molar-refractivity contribution >= 4 is 17.2 Å². The third-order valence-electron chi connectivity index (χ3n) is 5.04. The molecule has 1 aliphatic heterocycles. The van der Waals surface area contributed by atoms with Crippen molar-refractivity contribution in [2.24, 2.45) is 13.0 Å². The summed E-state index contributed by atoms with van der Waals surface area (Å²) in [5.41, 5.74) is 1.53. The van der Waals surface area contributed by atoms with Gasteiger partial charge >= 0.3 is 0 Å². The molecule has 1 amide bonds. The van der Waals surface area contributed by atoms with Gasteiger partial charge in [-0.1, -0.05) is 13.3 Å². The van der Waals surface area contributed by atoms with E-state index in [0.717, 1.165) is 43.0 Å². The number of carbonyl (C=O) groups excluding carboxylic acids is 1. The standard InChI is InChI=1S/C19H29N5OS/c1-4-5-8-22(2)12-15-6-9-24(10-7-15)19(25)17-14-26-18(21-17)16-11-20-23(3)13-16/h11,13-15H,4-10,12H2,1-3H3. The fourth-order valence-corrected chi connectivity index (χ4v) is 4.25. The van der Waals surface area contributed by atoms with E-state index < -0.39 is 0 Å². The second-order valence-corrected chi connectivity index (χ2v) is 8.15. The molecule has 6 nitrogen and oxygen atoms in total. The van der Waals surface area contributed by atoms with Crippen LogP contribution in [0.3, 0.4) is 0 Å². The van der Waals surface area contributed by atoms with Gasteiger partial charge in [0.2, 0.25) is 0 Å². The molecular formula is C19H29N5OS. The molecule has 142 valence electrons. The lowest BCUT2D eigenvalue weighted by Gasteiger charge is -2.33. The van der Waals surface area contributed by atoms with Crippen LogP contribution in [0.2, 0.25) is 0 Å². The molecule has 0 aromatic carbocycles. The lowest BCUT2D eigenvalue weighted by atomic mass is 9.96. The lowest BCUT2D eigenvalue weighted by Crippen LogP contribution is -2.41. The summed E-state index contributed by atoms with van der Waals surface area (Å²) in [6.07, 6.45) is 8.38. The van der Waals surface area contributed by atoms with E-state index in [1.54, 1.807) is 10.9 Å². The van der Waals surface area contributed by atoms with Gasteiger partial charge in [-0.2, -0.15) is 5.10 Å². The quantitative estimate of drug-likeness (QED) is 0.746. The number of likely N-dealkylation sites (tertiary alicyclic amines) is 1. The number of thiazole rings is 1. The Hall–Kier alpha value is -1.73. The predicted molar refractivity (Wildman–Crippen MR) is 105 cm³/mol. The molecule has 0 unspecified atom stereocenters. The van der Waals surface area contributed by atoms with Crippen molar-refractivity contribution in [3.05, 3.63) is 23.5 Å². The zero-order valence-electron chi connectivity index (χ0n) is 16.0. The molecule has 1 aliphatic rings. The van der Waals surface area contributed by atoms with Crippen LogP contribution in [0.4, 0.5) is 0 Å². The SMILES string of the molecule is CCCCN(C)CC1CCN(C(=O)c2csc(-c3cnn(C)c3)n2)CC1. The van der Waals surface area contributed by atoms with Gasteiger partial charge < -0.3 is 9.80 Å². The lowest BCUT2D eigenvalue weighted by molar-refractivity contribution is 0.0668. The second kappa shape index (κ2) is 8.77. The minimum atomic E-state index is 0.0641. The van der Waals surface area contributed by atoms with E-state index in [-0.39, 0.29) is 5.91 Å². The van der Waals surface area contributed by atoms with Gasteiger partial charge in [0.05, 0.1) is 6.20 Å². The molecule has 2 aromatic rings. The van der Waals surface area contributed by atoms with Gasteiger partial charge in [0, 0.05) is 43.8 Å². The van der Waals surface area contributed by atoms with E-state index in [1.807, 2.05) is 23.5 Å². The number of nitrogens with zero attached hydrogens (tertiary/aromatic N) is 5. The summed E-state index contributed by atoms with van der Waals surface area (Å²) in [5.74, 6) is 0.761. The summed E-state index contributed by atoms with van der Waals surface area (Å²) in [4.78, 5) is 21.7. The molecule has 0 atom stereocenters. The Morgan fingerprint density at radius 1 is 1.38 bits per heavy atom. The van der Waals surface area contributed by atoms with Crippen molar-refractivity contribution in [3.8, 4) is 10.6 Å². The van der Waals surface area contributed by atoms with E-state index in [4.69, 9.17) is 0 Å². The molecule has 1 fully saturated rings.